The topological polar surface area (TPSA) is 44.4 Å². The van der Waals surface area contributed by atoms with Crippen LogP contribution < -0.4 is 15.5 Å². The number of carbonyl (C=O) groups excluding carboxylic acids is 1. The molecule has 0 fully saturated rings. The van der Waals surface area contributed by atoms with Crippen LogP contribution in [0.5, 0.6) is 0 Å². The molecule has 0 aromatic heterocycles. The summed E-state index contributed by atoms with van der Waals surface area (Å²) in [6, 6.07) is 3.88. The second-order valence-electron chi connectivity index (χ2n) is 5.36. The van der Waals surface area contributed by atoms with Gasteiger partial charge in [-0.2, -0.15) is 0 Å². The number of nitrogens with one attached hydrogen (secondary N) is 2. The summed E-state index contributed by atoms with van der Waals surface area (Å²) in [5.41, 5.74) is 4.46. The van der Waals surface area contributed by atoms with Crippen LogP contribution in [0.15, 0.2) is 28.3 Å². The quantitative estimate of drug-likeness (QED) is 0.817. The van der Waals surface area contributed by atoms with E-state index < -0.39 is 0 Å². The Labute approximate surface area is 127 Å². The van der Waals surface area contributed by atoms with E-state index in [0.717, 1.165) is 40.9 Å². The van der Waals surface area contributed by atoms with Gasteiger partial charge in [0.2, 0.25) is 5.91 Å². The molecule has 1 unspecified atom stereocenters. The molecule has 5 heteroatoms. The van der Waals surface area contributed by atoms with Crippen LogP contribution >= 0.6 is 15.9 Å². The van der Waals surface area contributed by atoms with Crippen LogP contribution in [0.1, 0.15) is 24.9 Å². The first kappa shape index (κ1) is 13.6. The molecule has 2 aliphatic rings. The van der Waals surface area contributed by atoms with E-state index in [-0.39, 0.29) is 11.9 Å². The minimum Gasteiger partial charge on any atom is -0.366 e. The number of anilines is 2. The van der Waals surface area contributed by atoms with Crippen LogP contribution in [0, 0.1) is 0 Å². The lowest BCUT2D eigenvalue weighted by atomic mass is 10.1. The Morgan fingerprint density at radius 1 is 1.45 bits per heavy atom. The number of fused-ring (bicyclic) bond motifs is 1. The predicted molar refractivity (Wildman–Crippen MR) is 85.2 cm³/mol. The zero-order chi connectivity index (χ0) is 14.3. The number of likely N-dealkylation sites (N-methyl/N-ethyl adjacent to an activating group) is 1. The normalized spacial score (nSPS) is 21.6. The molecule has 1 amide bonds. The molecule has 1 atom stereocenters. The van der Waals surface area contributed by atoms with Crippen molar-refractivity contribution in [2.45, 2.75) is 19.4 Å². The Morgan fingerprint density at radius 2 is 2.25 bits per heavy atom. The molecule has 0 saturated carbocycles. The van der Waals surface area contributed by atoms with Crippen LogP contribution in [0.25, 0.3) is 0 Å². The number of hydrogen-bond acceptors (Lipinski definition) is 3. The zero-order valence-corrected chi connectivity index (χ0v) is 13.3. The van der Waals surface area contributed by atoms with E-state index >= 15 is 0 Å². The summed E-state index contributed by atoms with van der Waals surface area (Å²) >= 11 is 3.65. The molecule has 0 saturated heterocycles. The maximum absolute atomic E-state index is 11.9. The molecule has 4 nitrogen and oxygen atoms in total. The fourth-order valence-corrected chi connectivity index (χ4v) is 3.53. The van der Waals surface area contributed by atoms with E-state index in [1.807, 2.05) is 0 Å². The summed E-state index contributed by atoms with van der Waals surface area (Å²) < 4.78 is 1.04. The van der Waals surface area contributed by atoms with Crippen molar-refractivity contribution in [2.24, 2.45) is 0 Å². The highest BCUT2D eigenvalue weighted by atomic mass is 79.9. The number of carbonyl (C=O) groups is 1. The first-order valence-corrected chi connectivity index (χ1v) is 7.61. The lowest BCUT2D eigenvalue weighted by Crippen LogP contribution is -2.29. The number of nitrogens with zero attached hydrogens (tertiary/aromatic N) is 1. The van der Waals surface area contributed by atoms with Crippen molar-refractivity contribution in [3.8, 4) is 0 Å². The predicted octanol–water partition coefficient (Wildman–Crippen LogP) is 2.82. The van der Waals surface area contributed by atoms with Crippen LogP contribution in [-0.4, -0.2) is 26.0 Å². The number of hydrogen-bond donors (Lipinski definition) is 2. The largest absolute Gasteiger partial charge is 0.366 e. The van der Waals surface area contributed by atoms with Crippen molar-refractivity contribution in [2.75, 3.05) is 30.4 Å². The number of rotatable bonds is 2. The van der Waals surface area contributed by atoms with Gasteiger partial charge < -0.3 is 15.5 Å². The second kappa shape index (κ2) is 5.22. The zero-order valence-electron chi connectivity index (χ0n) is 11.7. The average Bonchev–Trinajstić information content (AvgIpc) is 2.72. The van der Waals surface area contributed by atoms with Gasteiger partial charge >= 0.3 is 0 Å². The highest BCUT2D eigenvalue weighted by molar-refractivity contribution is 9.10. The minimum atomic E-state index is -0.252. The van der Waals surface area contributed by atoms with E-state index in [2.05, 4.69) is 56.6 Å². The van der Waals surface area contributed by atoms with Crippen LogP contribution in [0.2, 0.25) is 0 Å². The van der Waals surface area contributed by atoms with Crippen LogP contribution in [0.3, 0.4) is 0 Å². The highest BCUT2D eigenvalue weighted by Gasteiger charge is 2.30. The molecule has 20 heavy (non-hydrogen) atoms. The average molecular weight is 336 g/mol. The number of halogens is 1. The van der Waals surface area contributed by atoms with E-state index in [4.69, 9.17) is 0 Å². The fraction of sp³-hybridized carbons (Fsp3) is 0.400. The van der Waals surface area contributed by atoms with Gasteiger partial charge in [-0.3, -0.25) is 4.79 Å². The summed E-state index contributed by atoms with van der Waals surface area (Å²) in [7, 11) is 1.81. The van der Waals surface area contributed by atoms with Crippen molar-refractivity contribution < 1.29 is 4.79 Å². The monoisotopic (exact) mass is 335 g/mol. The van der Waals surface area contributed by atoms with Crippen molar-refractivity contribution in [3.05, 3.63) is 33.8 Å². The Kier molecular flexibility index (Phi) is 3.56. The molecule has 2 aliphatic heterocycles. The van der Waals surface area contributed by atoms with Crippen LogP contribution in [0.4, 0.5) is 11.4 Å². The van der Waals surface area contributed by atoms with Crippen LogP contribution in [-0.2, 0) is 4.79 Å². The number of amides is 1. The molecule has 106 valence electrons. The first-order valence-electron chi connectivity index (χ1n) is 6.82. The van der Waals surface area contributed by atoms with E-state index in [1.54, 1.807) is 7.05 Å². The molecule has 3 rings (SSSR count). The Bertz CT molecular complexity index is 597. The molecule has 0 spiro atoms. The SMILES string of the molecule is CNC1C(=O)Nc2cc(N3CCC=C(C)C3)c(Br)cc21. The maximum Gasteiger partial charge on any atom is 0.246 e. The molecule has 2 heterocycles. The first-order chi connectivity index (χ1) is 9.60. The molecule has 0 radical (unpaired) electrons. The standard InChI is InChI=1S/C15H18BrN3O/c1-9-4-3-5-19(8-9)13-7-12-10(6-11(13)16)14(17-2)15(20)18-12/h4,6-7,14,17H,3,5,8H2,1-2H3,(H,18,20). The third-order valence-corrected chi connectivity index (χ3v) is 4.55. The van der Waals surface area contributed by atoms with Gasteiger partial charge in [0.1, 0.15) is 6.04 Å². The van der Waals surface area contributed by atoms with E-state index in [0.29, 0.717) is 0 Å². The van der Waals surface area contributed by atoms with Crippen molar-refractivity contribution in [1.29, 1.82) is 0 Å². The Balaban J connectivity index is 1.98. The Hall–Kier alpha value is -1.33. The van der Waals surface area contributed by atoms with Crippen molar-refractivity contribution in [1.82, 2.24) is 5.32 Å². The number of benzene rings is 1. The lowest BCUT2D eigenvalue weighted by Gasteiger charge is -2.29. The van der Waals surface area contributed by atoms with E-state index in [9.17, 15) is 4.79 Å². The second-order valence-corrected chi connectivity index (χ2v) is 6.22. The van der Waals surface area contributed by atoms with Gasteiger partial charge in [-0.05, 0) is 48.5 Å². The molecular formula is C15H18BrN3O. The van der Waals surface area contributed by atoms with Crippen molar-refractivity contribution >= 4 is 33.2 Å². The minimum absolute atomic E-state index is 0.0151. The van der Waals surface area contributed by atoms with Gasteiger partial charge in [0.05, 0.1) is 5.69 Å². The molecule has 0 aliphatic carbocycles. The van der Waals surface area contributed by atoms with Gasteiger partial charge in [-0.15, -0.1) is 0 Å². The molecule has 1 aromatic rings. The maximum atomic E-state index is 11.9. The Morgan fingerprint density at radius 3 is 2.95 bits per heavy atom. The van der Waals surface area contributed by atoms with Gasteiger partial charge in [0.15, 0.2) is 0 Å². The van der Waals surface area contributed by atoms with E-state index in [1.165, 1.54) is 5.57 Å². The summed E-state index contributed by atoms with van der Waals surface area (Å²) in [5, 5.41) is 6.00. The van der Waals surface area contributed by atoms with Gasteiger partial charge in [0, 0.05) is 28.8 Å². The summed E-state index contributed by atoms with van der Waals surface area (Å²) in [6.45, 7) is 4.12. The smallest absolute Gasteiger partial charge is 0.246 e. The fourth-order valence-electron chi connectivity index (χ4n) is 2.92. The summed E-state index contributed by atoms with van der Waals surface area (Å²) in [6.07, 6.45) is 3.36. The van der Waals surface area contributed by atoms with Crippen molar-refractivity contribution in [3.63, 3.8) is 0 Å². The molecule has 1 aromatic carbocycles. The highest BCUT2D eigenvalue weighted by Crippen LogP contribution is 2.39. The van der Waals surface area contributed by atoms with Gasteiger partial charge in [0.25, 0.3) is 0 Å². The third kappa shape index (κ3) is 2.25. The molecule has 2 N–H and O–H groups in total. The molecular weight excluding hydrogens is 318 g/mol. The van der Waals surface area contributed by atoms with Gasteiger partial charge in [-0.1, -0.05) is 11.6 Å². The lowest BCUT2D eigenvalue weighted by molar-refractivity contribution is -0.117. The summed E-state index contributed by atoms with van der Waals surface area (Å²) in [5.74, 6) is 0.0151. The van der Waals surface area contributed by atoms with Gasteiger partial charge in [-0.25, -0.2) is 0 Å². The third-order valence-electron chi connectivity index (χ3n) is 3.91. The summed E-state index contributed by atoms with van der Waals surface area (Å²) in [4.78, 5) is 14.2. The molecule has 0 bridgehead atoms.